The standard InChI is InChI=1S/C22H31N4O5P/c1-4-30-32(29,5-2)31-15-11-7-10-14-26-21(27)19-20(24(3)22(26)28)23-17-25(19)16-18-12-8-6-9-13-18/h6,8-9,12-13,17H,4-5,7,10-11,14-16H2,1-3H3. The molecule has 9 nitrogen and oxygen atoms in total. The van der Waals surface area contributed by atoms with Crippen LogP contribution < -0.4 is 11.2 Å². The molecule has 0 bridgehead atoms. The highest BCUT2D eigenvalue weighted by Gasteiger charge is 2.20. The van der Waals surface area contributed by atoms with E-state index in [1.807, 2.05) is 30.3 Å². The average Bonchev–Trinajstić information content (AvgIpc) is 3.21. The van der Waals surface area contributed by atoms with Gasteiger partial charge in [-0.05, 0) is 31.7 Å². The molecule has 0 saturated carbocycles. The van der Waals surface area contributed by atoms with Gasteiger partial charge in [-0.1, -0.05) is 37.3 Å². The van der Waals surface area contributed by atoms with Crippen LogP contribution in [0.5, 0.6) is 0 Å². The molecule has 2 heterocycles. The van der Waals surface area contributed by atoms with Gasteiger partial charge in [0.05, 0.1) is 19.5 Å². The Labute approximate surface area is 187 Å². The normalized spacial score (nSPS) is 13.5. The molecule has 0 spiro atoms. The highest BCUT2D eigenvalue weighted by atomic mass is 31.2. The van der Waals surface area contributed by atoms with Crippen LogP contribution in [0.25, 0.3) is 11.2 Å². The van der Waals surface area contributed by atoms with Gasteiger partial charge in [0.1, 0.15) is 0 Å². The maximum atomic E-state index is 13.1. The lowest BCUT2D eigenvalue weighted by atomic mass is 10.2. The monoisotopic (exact) mass is 462 g/mol. The molecule has 0 amide bonds. The van der Waals surface area contributed by atoms with E-state index >= 15 is 0 Å². The topological polar surface area (TPSA) is 97.3 Å². The Bertz CT molecular complexity index is 1200. The number of nitrogens with zero attached hydrogens (tertiary/aromatic N) is 4. The van der Waals surface area contributed by atoms with Crippen LogP contribution in [-0.2, 0) is 33.7 Å². The summed E-state index contributed by atoms with van der Waals surface area (Å²) in [6.45, 7) is 5.03. The minimum absolute atomic E-state index is 0.300. The fourth-order valence-electron chi connectivity index (χ4n) is 3.59. The summed E-state index contributed by atoms with van der Waals surface area (Å²) in [6.07, 6.45) is 3.96. The van der Waals surface area contributed by atoms with Crippen LogP contribution in [0.2, 0.25) is 0 Å². The molecule has 0 N–H and O–H groups in total. The van der Waals surface area contributed by atoms with Gasteiger partial charge in [0.15, 0.2) is 11.2 Å². The third-order valence-electron chi connectivity index (χ3n) is 5.32. The highest BCUT2D eigenvalue weighted by molar-refractivity contribution is 7.53. The lowest BCUT2D eigenvalue weighted by Gasteiger charge is -2.15. The second kappa shape index (κ2) is 10.9. The van der Waals surface area contributed by atoms with Crippen LogP contribution in [0.15, 0.2) is 46.2 Å². The number of hydrogen-bond donors (Lipinski definition) is 0. The van der Waals surface area contributed by atoms with Crippen molar-refractivity contribution in [2.24, 2.45) is 7.05 Å². The van der Waals surface area contributed by atoms with Gasteiger partial charge in [-0.15, -0.1) is 0 Å². The number of fused-ring (bicyclic) bond motifs is 1. The van der Waals surface area contributed by atoms with Gasteiger partial charge >= 0.3 is 13.3 Å². The van der Waals surface area contributed by atoms with Crippen molar-refractivity contribution in [2.45, 2.75) is 46.2 Å². The Kier molecular flexibility index (Phi) is 8.23. The summed E-state index contributed by atoms with van der Waals surface area (Å²) in [5, 5.41) is 0. The molecule has 0 aliphatic rings. The summed E-state index contributed by atoms with van der Waals surface area (Å²) in [5.41, 5.74) is 1.13. The molecule has 174 valence electrons. The zero-order valence-corrected chi connectivity index (χ0v) is 19.8. The number of aryl methyl sites for hydroxylation is 1. The summed E-state index contributed by atoms with van der Waals surface area (Å²) in [7, 11) is -1.37. The van der Waals surface area contributed by atoms with Gasteiger partial charge in [0.25, 0.3) is 5.56 Å². The lowest BCUT2D eigenvalue weighted by Crippen LogP contribution is -2.39. The van der Waals surface area contributed by atoms with Gasteiger partial charge in [0, 0.05) is 26.3 Å². The Morgan fingerprint density at radius 1 is 1.03 bits per heavy atom. The molecule has 0 fully saturated rings. The van der Waals surface area contributed by atoms with Crippen molar-refractivity contribution in [1.29, 1.82) is 0 Å². The molecule has 0 aliphatic heterocycles. The van der Waals surface area contributed by atoms with Crippen LogP contribution in [0.1, 0.15) is 38.7 Å². The molecule has 0 saturated heterocycles. The van der Waals surface area contributed by atoms with E-state index in [0.717, 1.165) is 12.0 Å². The van der Waals surface area contributed by atoms with E-state index in [4.69, 9.17) is 9.05 Å². The maximum absolute atomic E-state index is 13.1. The molecule has 0 aliphatic carbocycles. The van der Waals surface area contributed by atoms with Crippen molar-refractivity contribution in [2.75, 3.05) is 19.4 Å². The Morgan fingerprint density at radius 3 is 2.47 bits per heavy atom. The average molecular weight is 462 g/mol. The molecule has 10 heteroatoms. The van der Waals surface area contributed by atoms with E-state index in [-0.39, 0.29) is 11.2 Å². The van der Waals surface area contributed by atoms with Crippen molar-refractivity contribution in [3.05, 3.63) is 63.1 Å². The second-order valence-electron chi connectivity index (χ2n) is 7.57. The lowest BCUT2D eigenvalue weighted by molar-refractivity contribution is 0.209. The van der Waals surface area contributed by atoms with Gasteiger partial charge in [0.2, 0.25) is 0 Å². The van der Waals surface area contributed by atoms with Crippen molar-refractivity contribution in [3.63, 3.8) is 0 Å². The number of benzene rings is 1. The molecule has 1 unspecified atom stereocenters. The van der Waals surface area contributed by atoms with Crippen LogP contribution in [-0.4, -0.2) is 38.1 Å². The molecule has 32 heavy (non-hydrogen) atoms. The Morgan fingerprint density at radius 2 is 1.78 bits per heavy atom. The smallest absolute Gasteiger partial charge is 0.320 e. The van der Waals surface area contributed by atoms with Crippen LogP contribution >= 0.6 is 7.60 Å². The van der Waals surface area contributed by atoms with Gasteiger partial charge in [-0.2, -0.15) is 0 Å². The molecule has 3 rings (SSSR count). The highest BCUT2D eigenvalue weighted by Crippen LogP contribution is 2.47. The first-order valence-electron chi connectivity index (χ1n) is 11.0. The van der Waals surface area contributed by atoms with E-state index < -0.39 is 7.60 Å². The predicted octanol–water partition coefficient (Wildman–Crippen LogP) is 3.38. The van der Waals surface area contributed by atoms with Crippen LogP contribution in [0.3, 0.4) is 0 Å². The first-order chi connectivity index (χ1) is 15.4. The third kappa shape index (κ3) is 5.46. The maximum Gasteiger partial charge on any atom is 0.332 e. The number of aromatic nitrogens is 4. The molecule has 3 aromatic rings. The SMILES string of the molecule is CCOP(=O)(CC)OCCCCCn1c(=O)c2c(ncn2Cc2ccccc2)n(C)c1=O. The van der Waals surface area contributed by atoms with Crippen LogP contribution in [0, 0.1) is 0 Å². The number of imidazole rings is 1. The molecule has 2 aromatic heterocycles. The molecule has 0 radical (unpaired) electrons. The second-order valence-corrected chi connectivity index (χ2v) is 9.94. The predicted molar refractivity (Wildman–Crippen MR) is 124 cm³/mol. The quantitative estimate of drug-likeness (QED) is 0.302. The van der Waals surface area contributed by atoms with E-state index in [2.05, 4.69) is 4.98 Å². The zero-order chi connectivity index (χ0) is 23.1. The minimum Gasteiger partial charge on any atom is -0.320 e. The van der Waals surface area contributed by atoms with E-state index in [0.29, 0.717) is 56.5 Å². The Hall–Kier alpha value is -2.48. The molecule has 1 aromatic carbocycles. The summed E-state index contributed by atoms with van der Waals surface area (Å²) in [4.78, 5) is 30.2. The summed E-state index contributed by atoms with van der Waals surface area (Å²) >= 11 is 0. The first kappa shape index (κ1) is 24.2. The van der Waals surface area contributed by atoms with Gasteiger partial charge in [-0.3, -0.25) is 18.5 Å². The number of rotatable bonds is 12. The molecular weight excluding hydrogens is 431 g/mol. The minimum atomic E-state index is -3.00. The van der Waals surface area contributed by atoms with Gasteiger partial charge in [-0.25, -0.2) is 9.78 Å². The van der Waals surface area contributed by atoms with Crippen molar-refractivity contribution in [1.82, 2.24) is 18.7 Å². The summed E-state index contributed by atoms with van der Waals surface area (Å²) < 4.78 is 27.4. The van der Waals surface area contributed by atoms with Crippen molar-refractivity contribution >= 4 is 18.8 Å². The first-order valence-corrected chi connectivity index (χ1v) is 12.7. The van der Waals surface area contributed by atoms with E-state index in [9.17, 15) is 14.2 Å². The zero-order valence-electron chi connectivity index (χ0n) is 18.9. The fraction of sp³-hybridized carbons (Fsp3) is 0.500. The number of unbranched alkanes of at least 4 members (excludes halogenated alkanes) is 2. The van der Waals surface area contributed by atoms with Gasteiger partial charge < -0.3 is 13.6 Å². The Balaban J connectivity index is 1.69. The van der Waals surface area contributed by atoms with Crippen molar-refractivity contribution in [3.8, 4) is 0 Å². The largest absolute Gasteiger partial charge is 0.332 e. The van der Waals surface area contributed by atoms with Crippen LogP contribution in [0.4, 0.5) is 0 Å². The summed E-state index contributed by atoms with van der Waals surface area (Å²) in [6, 6.07) is 9.80. The van der Waals surface area contributed by atoms with E-state index in [1.165, 1.54) is 9.13 Å². The third-order valence-corrected chi connectivity index (χ3v) is 7.33. The van der Waals surface area contributed by atoms with Crippen molar-refractivity contribution < 1.29 is 13.6 Å². The number of hydrogen-bond acceptors (Lipinski definition) is 6. The van der Waals surface area contributed by atoms with E-state index in [1.54, 1.807) is 31.8 Å². The molecular formula is C22H31N4O5P. The molecule has 1 atom stereocenters. The fourth-order valence-corrected chi connectivity index (χ4v) is 4.83. The summed E-state index contributed by atoms with van der Waals surface area (Å²) in [5.74, 6) is 0.